The van der Waals surface area contributed by atoms with Crippen molar-refractivity contribution in [3.8, 4) is 17.2 Å². The van der Waals surface area contributed by atoms with E-state index in [1.165, 1.54) is 19.8 Å². The summed E-state index contributed by atoms with van der Waals surface area (Å²) in [6, 6.07) is 4.44. The topological polar surface area (TPSA) is 78.1 Å². The Balaban J connectivity index is 2.27. The maximum absolute atomic E-state index is 11.2. The fraction of sp³-hybridized carbons (Fsp3) is 0.231. The maximum atomic E-state index is 11.2. The average Bonchev–Trinajstić information content (AvgIpc) is 2.45. The van der Waals surface area contributed by atoms with Gasteiger partial charge >= 0.3 is 5.63 Å². The van der Waals surface area contributed by atoms with E-state index in [1.54, 1.807) is 12.1 Å². The summed E-state index contributed by atoms with van der Waals surface area (Å²) in [7, 11) is 1.48. The highest BCUT2D eigenvalue weighted by atomic mass is 16.6. The van der Waals surface area contributed by atoms with Gasteiger partial charge < -0.3 is 23.7 Å². The highest BCUT2D eigenvalue weighted by Gasteiger charge is 2.27. The molecule has 1 aromatic carbocycles. The van der Waals surface area contributed by atoms with Crippen LogP contribution in [0.1, 0.15) is 0 Å². The van der Waals surface area contributed by atoms with Crippen molar-refractivity contribution >= 4 is 11.0 Å². The van der Waals surface area contributed by atoms with Gasteiger partial charge in [-0.3, -0.25) is 0 Å². The fourth-order valence-corrected chi connectivity index (χ4v) is 1.93. The highest BCUT2D eigenvalue weighted by Crippen LogP contribution is 2.46. The van der Waals surface area contributed by atoms with Crippen LogP contribution in [0.4, 0.5) is 0 Å². The molecule has 1 N–H and O–H groups in total. The molecule has 2 aromatic rings. The van der Waals surface area contributed by atoms with E-state index in [2.05, 4.69) is 0 Å². The minimum absolute atomic E-state index is 0.213. The Bertz CT molecular complexity index is 675. The van der Waals surface area contributed by atoms with Gasteiger partial charge in [0, 0.05) is 12.1 Å². The molecular formula is C13H11O6. The number of benzene rings is 1. The van der Waals surface area contributed by atoms with Crippen molar-refractivity contribution in [2.45, 2.75) is 6.10 Å². The quantitative estimate of drug-likeness (QED) is 0.817. The number of hydrogen-bond acceptors (Lipinski definition) is 6. The molecule has 99 valence electrons. The number of ether oxygens (including phenoxy) is 3. The summed E-state index contributed by atoms with van der Waals surface area (Å²) in [4.78, 5) is 11.2. The number of methoxy groups -OCH3 is 1. The summed E-state index contributed by atoms with van der Waals surface area (Å²) >= 11 is 0. The molecule has 0 bridgehead atoms. The molecule has 0 saturated heterocycles. The van der Waals surface area contributed by atoms with Crippen molar-refractivity contribution in [2.24, 2.45) is 0 Å². The van der Waals surface area contributed by atoms with Crippen LogP contribution in [-0.4, -0.2) is 24.9 Å². The van der Waals surface area contributed by atoms with Crippen molar-refractivity contribution in [1.29, 1.82) is 0 Å². The predicted molar refractivity (Wildman–Crippen MR) is 65.5 cm³/mol. The molecule has 1 aliphatic heterocycles. The lowest BCUT2D eigenvalue weighted by Crippen LogP contribution is -2.28. The first-order valence-corrected chi connectivity index (χ1v) is 5.65. The smallest absolute Gasteiger partial charge is 0.336 e. The normalized spacial score (nSPS) is 17.5. The van der Waals surface area contributed by atoms with Crippen LogP contribution in [0.5, 0.6) is 17.2 Å². The van der Waals surface area contributed by atoms with Gasteiger partial charge in [0.25, 0.3) is 0 Å². The van der Waals surface area contributed by atoms with E-state index >= 15 is 0 Å². The second-order valence-electron chi connectivity index (χ2n) is 4.00. The van der Waals surface area contributed by atoms with Gasteiger partial charge in [0.15, 0.2) is 24.2 Å². The second-order valence-corrected chi connectivity index (χ2v) is 4.00. The van der Waals surface area contributed by atoms with Crippen LogP contribution in [0.3, 0.4) is 0 Å². The SMILES string of the molecule is COc1cc2oc(=O)ccc2c2c1O[CH]C(CO)O2. The van der Waals surface area contributed by atoms with Crippen molar-refractivity contribution in [3.63, 3.8) is 0 Å². The largest absolute Gasteiger partial charge is 0.493 e. The summed E-state index contributed by atoms with van der Waals surface area (Å²) < 4.78 is 21.3. The van der Waals surface area contributed by atoms with E-state index < -0.39 is 11.7 Å². The Morgan fingerprint density at radius 3 is 2.95 bits per heavy atom. The van der Waals surface area contributed by atoms with Gasteiger partial charge in [-0.15, -0.1) is 0 Å². The predicted octanol–water partition coefficient (Wildman–Crippen LogP) is 1.10. The van der Waals surface area contributed by atoms with Crippen LogP contribution in [0.15, 0.2) is 27.4 Å². The van der Waals surface area contributed by atoms with Gasteiger partial charge in [0.1, 0.15) is 5.58 Å². The molecule has 0 fully saturated rings. The molecule has 0 amide bonds. The molecule has 1 atom stereocenters. The monoisotopic (exact) mass is 263 g/mol. The lowest BCUT2D eigenvalue weighted by Gasteiger charge is -2.26. The number of aliphatic hydroxyl groups excluding tert-OH is 1. The molecular weight excluding hydrogens is 252 g/mol. The average molecular weight is 263 g/mol. The standard InChI is InChI=1S/C13H11O6/c1-16-10-4-9-8(2-3-11(15)19-9)12-13(10)17-6-7(5-14)18-12/h2-4,6-7,14H,5H2,1H3. The van der Waals surface area contributed by atoms with Gasteiger partial charge in [-0.25, -0.2) is 4.79 Å². The number of aliphatic hydroxyl groups is 1. The van der Waals surface area contributed by atoms with Crippen molar-refractivity contribution in [2.75, 3.05) is 13.7 Å². The Morgan fingerprint density at radius 1 is 1.37 bits per heavy atom. The van der Waals surface area contributed by atoms with Gasteiger partial charge in [-0.2, -0.15) is 0 Å². The molecule has 6 heteroatoms. The fourth-order valence-electron chi connectivity index (χ4n) is 1.93. The zero-order valence-corrected chi connectivity index (χ0v) is 10.1. The van der Waals surface area contributed by atoms with Crippen LogP contribution >= 0.6 is 0 Å². The Morgan fingerprint density at radius 2 is 2.21 bits per heavy atom. The summed E-state index contributed by atoms with van der Waals surface area (Å²) in [5.41, 5.74) is -0.123. The molecule has 0 aliphatic carbocycles. The summed E-state index contributed by atoms with van der Waals surface area (Å²) in [5, 5.41) is 9.70. The van der Waals surface area contributed by atoms with E-state index in [-0.39, 0.29) is 6.61 Å². The van der Waals surface area contributed by atoms with Crippen molar-refractivity contribution < 1.29 is 23.7 Å². The van der Waals surface area contributed by atoms with E-state index in [9.17, 15) is 4.79 Å². The summed E-state index contributed by atoms with van der Waals surface area (Å²) in [5.74, 6) is 1.18. The minimum Gasteiger partial charge on any atom is -0.493 e. The van der Waals surface area contributed by atoms with Crippen LogP contribution in [-0.2, 0) is 0 Å². The van der Waals surface area contributed by atoms with Crippen molar-refractivity contribution in [3.05, 3.63) is 35.2 Å². The first kappa shape index (κ1) is 11.9. The second kappa shape index (κ2) is 4.47. The first-order chi connectivity index (χ1) is 9.22. The summed E-state index contributed by atoms with van der Waals surface area (Å²) in [6.45, 7) is 1.17. The lowest BCUT2D eigenvalue weighted by atomic mass is 10.1. The molecule has 1 aliphatic rings. The number of hydrogen-bond donors (Lipinski definition) is 1. The molecule has 0 spiro atoms. The third kappa shape index (κ3) is 1.90. The van der Waals surface area contributed by atoms with Crippen molar-refractivity contribution in [1.82, 2.24) is 0 Å². The number of fused-ring (bicyclic) bond motifs is 3. The molecule has 1 aromatic heterocycles. The Hall–Kier alpha value is -2.21. The van der Waals surface area contributed by atoms with E-state index in [1.807, 2.05) is 0 Å². The highest BCUT2D eigenvalue weighted by molar-refractivity contribution is 5.89. The molecule has 3 rings (SSSR count). The molecule has 2 heterocycles. The first-order valence-electron chi connectivity index (χ1n) is 5.65. The van der Waals surface area contributed by atoms with Crippen LogP contribution in [0, 0.1) is 6.61 Å². The van der Waals surface area contributed by atoms with E-state index in [0.717, 1.165) is 0 Å². The van der Waals surface area contributed by atoms with Gasteiger partial charge in [0.05, 0.1) is 19.1 Å². The molecule has 0 saturated carbocycles. The number of rotatable bonds is 2. The zero-order chi connectivity index (χ0) is 13.4. The van der Waals surface area contributed by atoms with Crippen LogP contribution < -0.4 is 19.8 Å². The van der Waals surface area contributed by atoms with E-state index in [0.29, 0.717) is 28.2 Å². The lowest BCUT2D eigenvalue weighted by molar-refractivity contribution is 0.0815. The molecule has 1 radical (unpaired) electrons. The third-order valence-corrected chi connectivity index (χ3v) is 2.81. The Labute approximate surface area is 108 Å². The van der Waals surface area contributed by atoms with Gasteiger partial charge in [-0.1, -0.05) is 0 Å². The van der Waals surface area contributed by atoms with Crippen LogP contribution in [0.25, 0.3) is 11.0 Å². The zero-order valence-electron chi connectivity index (χ0n) is 10.1. The third-order valence-electron chi connectivity index (χ3n) is 2.81. The van der Waals surface area contributed by atoms with Crippen LogP contribution in [0.2, 0.25) is 0 Å². The van der Waals surface area contributed by atoms with Gasteiger partial charge in [-0.05, 0) is 6.07 Å². The Kier molecular flexibility index (Phi) is 2.79. The van der Waals surface area contributed by atoms with E-state index in [4.69, 9.17) is 23.7 Å². The minimum atomic E-state index is -0.574. The molecule has 1 unspecified atom stereocenters. The van der Waals surface area contributed by atoms with Gasteiger partial charge in [0.2, 0.25) is 5.75 Å². The summed E-state index contributed by atoms with van der Waals surface area (Å²) in [6.07, 6.45) is -0.574. The maximum Gasteiger partial charge on any atom is 0.336 e. The molecule has 19 heavy (non-hydrogen) atoms. The molecule has 6 nitrogen and oxygen atoms in total.